The van der Waals surface area contributed by atoms with Crippen LogP contribution < -0.4 is 20.7 Å². The normalized spacial score (nSPS) is 10.2. The summed E-state index contributed by atoms with van der Waals surface area (Å²) < 4.78 is 18.5. The van der Waals surface area contributed by atoms with Crippen molar-refractivity contribution in [2.75, 3.05) is 29.1 Å². The molecule has 0 aliphatic carbocycles. The first-order valence-electron chi connectivity index (χ1n) is 9.48. The summed E-state index contributed by atoms with van der Waals surface area (Å²) in [5.74, 6) is -0.442. The SMILES string of the molecule is CCOc1ccccc1NC(=O)CNc1ccccc1C(=O)Nc1ccc(F)cc1. The van der Waals surface area contributed by atoms with Crippen molar-refractivity contribution in [2.24, 2.45) is 0 Å². The van der Waals surface area contributed by atoms with E-state index in [0.29, 0.717) is 35.0 Å². The smallest absolute Gasteiger partial charge is 0.257 e. The molecule has 3 rings (SSSR count). The number of hydrogen-bond acceptors (Lipinski definition) is 4. The standard InChI is InChI=1S/C23H22FN3O3/c1-2-30-21-10-6-5-9-20(21)27-22(28)15-25-19-8-4-3-7-18(19)23(29)26-17-13-11-16(24)12-14-17/h3-14,25H,2,15H2,1H3,(H,26,29)(H,27,28). The van der Waals surface area contributed by atoms with Crippen LogP contribution in [-0.2, 0) is 4.79 Å². The third-order valence-corrected chi connectivity index (χ3v) is 4.17. The molecule has 154 valence electrons. The molecule has 0 aliphatic heterocycles. The van der Waals surface area contributed by atoms with Gasteiger partial charge in [-0.05, 0) is 55.5 Å². The van der Waals surface area contributed by atoms with E-state index in [4.69, 9.17) is 4.74 Å². The molecule has 0 fully saturated rings. The molecule has 0 spiro atoms. The number of carbonyl (C=O) groups is 2. The minimum absolute atomic E-state index is 0.0404. The van der Waals surface area contributed by atoms with Gasteiger partial charge in [0, 0.05) is 11.4 Å². The van der Waals surface area contributed by atoms with E-state index in [-0.39, 0.29) is 24.2 Å². The third kappa shape index (κ3) is 5.57. The maximum Gasteiger partial charge on any atom is 0.257 e. The van der Waals surface area contributed by atoms with Crippen molar-refractivity contribution < 1.29 is 18.7 Å². The maximum atomic E-state index is 13.0. The highest BCUT2D eigenvalue weighted by Gasteiger charge is 2.13. The number of amides is 2. The molecule has 3 aromatic rings. The van der Waals surface area contributed by atoms with Gasteiger partial charge in [-0.2, -0.15) is 0 Å². The van der Waals surface area contributed by atoms with Gasteiger partial charge in [0.2, 0.25) is 5.91 Å². The van der Waals surface area contributed by atoms with Gasteiger partial charge in [0.25, 0.3) is 5.91 Å². The maximum absolute atomic E-state index is 13.0. The van der Waals surface area contributed by atoms with Gasteiger partial charge in [-0.1, -0.05) is 24.3 Å². The van der Waals surface area contributed by atoms with Crippen LogP contribution in [0.2, 0.25) is 0 Å². The molecule has 0 saturated carbocycles. The number of carbonyl (C=O) groups excluding carboxylic acids is 2. The molecule has 0 atom stereocenters. The van der Waals surface area contributed by atoms with Crippen molar-refractivity contribution in [1.82, 2.24) is 0 Å². The quantitative estimate of drug-likeness (QED) is 0.513. The van der Waals surface area contributed by atoms with Crippen LogP contribution in [0.1, 0.15) is 17.3 Å². The fourth-order valence-corrected chi connectivity index (χ4v) is 2.79. The first-order chi connectivity index (χ1) is 14.6. The lowest BCUT2D eigenvalue weighted by Gasteiger charge is -2.14. The van der Waals surface area contributed by atoms with Crippen LogP contribution in [0.4, 0.5) is 21.5 Å². The first-order valence-corrected chi connectivity index (χ1v) is 9.48. The molecule has 6 nitrogen and oxygen atoms in total. The van der Waals surface area contributed by atoms with Crippen LogP contribution in [0, 0.1) is 5.82 Å². The van der Waals surface area contributed by atoms with E-state index in [1.165, 1.54) is 24.3 Å². The monoisotopic (exact) mass is 407 g/mol. The zero-order valence-corrected chi connectivity index (χ0v) is 16.4. The van der Waals surface area contributed by atoms with E-state index in [1.807, 2.05) is 13.0 Å². The van der Waals surface area contributed by atoms with E-state index in [1.54, 1.807) is 42.5 Å². The molecule has 0 aromatic heterocycles. The van der Waals surface area contributed by atoms with Gasteiger partial charge in [-0.3, -0.25) is 9.59 Å². The number of anilines is 3. The van der Waals surface area contributed by atoms with Crippen LogP contribution in [-0.4, -0.2) is 25.0 Å². The second-order valence-corrected chi connectivity index (χ2v) is 6.34. The Morgan fingerprint density at radius 3 is 2.27 bits per heavy atom. The Balaban J connectivity index is 1.64. The Kier molecular flexibility index (Phi) is 7.00. The number of ether oxygens (including phenoxy) is 1. The Labute approximate surface area is 174 Å². The van der Waals surface area contributed by atoms with Crippen molar-refractivity contribution in [3.63, 3.8) is 0 Å². The number of nitrogens with one attached hydrogen (secondary N) is 3. The molecule has 3 N–H and O–H groups in total. The summed E-state index contributed by atoms with van der Waals surface area (Å²) in [7, 11) is 0. The summed E-state index contributed by atoms with van der Waals surface area (Å²) in [4.78, 5) is 25.0. The fraction of sp³-hybridized carbons (Fsp3) is 0.130. The predicted molar refractivity (Wildman–Crippen MR) is 116 cm³/mol. The van der Waals surface area contributed by atoms with Crippen LogP contribution in [0.5, 0.6) is 5.75 Å². The van der Waals surface area contributed by atoms with E-state index < -0.39 is 0 Å². The van der Waals surface area contributed by atoms with Crippen LogP contribution in [0.15, 0.2) is 72.8 Å². The average molecular weight is 407 g/mol. The number of para-hydroxylation sites is 3. The third-order valence-electron chi connectivity index (χ3n) is 4.17. The van der Waals surface area contributed by atoms with Crippen molar-refractivity contribution in [1.29, 1.82) is 0 Å². The molecular weight excluding hydrogens is 385 g/mol. The highest BCUT2D eigenvalue weighted by Crippen LogP contribution is 2.23. The topological polar surface area (TPSA) is 79.5 Å². The van der Waals surface area contributed by atoms with Crippen LogP contribution in [0.25, 0.3) is 0 Å². The molecule has 3 aromatic carbocycles. The zero-order valence-electron chi connectivity index (χ0n) is 16.4. The minimum atomic E-state index is -0.382. The summed E-state index contributed by atoms with van der Waals surface area (Å²) in [5, 5.41) is 8.50. The van der Waals surface area contributed by atoms with Crippen molar-refractivity contribution in [3.05, 3.63) is 84.2 Å². The summed E-state index contributed by atoms with van der Waals surface area (Å²) >= 11 is 0. The molecule has 0 bridgehead atoms. The second-order valence-electron chi connectivity index (χ2n) is 6.34. The number of halogens is 1. The Bertz CT molecular complexity index is 1020. The predicted octanol–water partition coefficient (Wildman–Crippen LogP) is 4.53. The molecule has 0 unspecified atom stereocenters. The molecule has 30 heavy (non-hydrogen) atoms. The van der Waals surface area contributed by atoms with Crippen molar-refractivity contribution in [3.8, 4) is 5.75 Å². The summed E-state index contributed by atoms with van der Waals surface area (Å²) in [6.45, 7) is 2.32. The fourth-order valence-electron chi connectivity index (χ4n) is 2.79. The molecule has 0 radical (unpaired) electrons. The average Bonchev–Trinajstić information content (AvgIpc) is 2.75. The largest absolute Gasteiger partial charge is 0.492 e. The van der Waals surface area contributed by atoms with Crippen LogP contribution in [0.3, 0.4) is 0 Å². The van der Waals surface area contributed by atoms with E-state index >= 15 is 0 Å². The lowest BCUT2D eigenvalue weighted by molar-refractivity contribution is -0.114. The minimum Gasteiger partial charge on any atom is -0.492 e. The Hall–Kier alpha value is -3.87. The highest BCUT2D eigenvalue weighted by molar-refractivity contribution is 6.08. The molecule has 0 aliphatic rings. The van der Waals surface area contributed by atoms with Gasteiger partial charge in [-0.25, -0.2) is 4.39 Å². The van der Waals surface area contributed by atoms with Gasteiger partial charge < -0.3 is 20.7 Å². The number of rotatable bonds is 8. The first kappa shape index (κ1) is 20.9. The number of hydrogen-bond donors (Lipinski definition) is 3. The summed E-state index contributed by atoms with van der Waals surface area (Å²) in [6.07, 6.45) is 0. The van der Waals surface area contributed by atoms with Crippen molar-refractivity contribution in [2.45, 2.75) is 6.92 Å². The second kappa shape index (κ2) is 10.1. The van der Waals surface area contributed by atoms with Gasteiger partial charge in [-0.15, -0.1) is 0 Å². The van der Waals surface area contributed by atoms with E-state index in [9.17, 15) is 14.0 Å². The van der Waals surface area contributed by atoms with Gasteiger partial charge in [0.15, 0.2) is 0 Å². The molecule has 7 heteroatoms. The lowest BCUT2D eigenvalue weighted by Crippen LogP contribution is -2.23. The van der Waals surface area contributed by atoms with E-state index in [0.717, 1.165) is 0 Å². The highest BCUT2D eigenvalue weighted by atomic mass is 19.1. The molecule has 0 saturated heterocycles. The Morgan fingerprint density at radius 2 is 1.53 bits per heavy atom. The number of benzene rings is 3. The van der Waals surface area contributed by atoms with Crippen LogP contribution >= 0.6 is 0 Å². The lowest BCUT2D eigenvalue weighted by atomic mass is 10.1. The molecule has 2 amide bonds. The summed E-state index contributed by atoms with van der Waals surface area (Å²) in [6, 6.07) is 19.5. The van der Waals surface area contributed by atoms with Crippen molar-refractivity contribution >= 4 is 28.9 Å². The Morgan fingerprint density at radius 1 is 0.867 bits per heavy atom. The molecule has 0 heterocycles. The van der Waals surface area contributed by atoms with Gasteiger partial charge in [0.05, 0.1) is 24.4 Å². The molecular formula is C23H22FN3O3. The van der Waals surface area contributed by atoms with Gasteiger partial charge >= 0.3 is 0 Å². The summed E-state index contributed by atoms with van der Waals surface area (Å²) in [5.41, 5.74) is 1.92. The van der Waals surface area contributed by atoms with Gasteiger partial charge in [0.1, 0.15) is 11.6 Å². The van der Waals surface area contributed by atoms with E-state index in [2.05, 4.69) is 16.0 Å². The zero-order chi connectivity index (χ0) is 21.3.